The lowest BCUT2D eigenvalue weighted by Crippen LogP contribution is -2.24. The molecule has 10 heavy (non-hydrogen) atoms. The minimum Gasteiger partial charge on any atom is -0.359 e. The number of rotatable bonds is 1. The number of aliphatic hydroxyl groups is 1. The number of alkyl halides is 4. The van der Waals surface area contributed by atoms with Gasteiger partial charge in [-0.3, -0.25) is 0 Å². The Hall–Kier alpha value is -0.320. The average Bonchev–Trinajstić information content (AvgIpc) is 2.08. The van der Waals surface area contributed by atoms with Crippen LogP contribution in [0.15, 0.2) is 0 Å². The molecule has 1 nitrogen and oxygen atoms in total. The Labute approximate surface area is 55.7 Å². The van der Waals surface area contributed by atoms with Crippen molar-refractivity contribution >= 4 is 0 Å². The molecule has 0 aromatic rings. The van der Waals surface area contributed by atoms with Crippen molar-refractivity contribution in [2.45, 2.75) is 31.8 Å². The first kappa shape index (κ1) is 9.68. The second kappa shape index (κ2) is 2.08. The van der Waals surface area contributed by atoms with Crippen molar-refractivity contribution in [3.63, 3.8) is 0 Å². The third-order valence-electron chi connectivity index (χ3n) is 1.35. The summed E-state index contributed by atoms with van der Waals surface area (Å²) in [4.78, 5) is 0. The van der Waals surface area contributed by atoms with Crippen LogP contribution in [0.25, 0.3) is 0 Å². The quantitative estimate of drug-likeness (QED) is 0.578. The van der Waals surface area contributed by atoms with Gasteiger partial charge in [0.25, 0.3) is 12.3 Å². The normalized spacial score (nSPS) is 45.0. The van der Waals surface area contributed by atoms with Crippen LogP contribution < -0.4 is 0 Å². The van der Waals surface area contributed by atoms with Crippen molar-refractivity contribution in [1.29, 1.82) is 0 Å². The van der Waals surface area contributed by atoms with E-state index in [9.17, 15) is 17.6 Å². The molecule has 0 heterocycles. The summed E-state index contributed by atoms with van der Waals surface area (Å²) in [6, 6.07) is 0. The van der Waals surface area contributed by atoms with E-state index in [0.717, 1.165) is 0 Å². The van der Waals surface area contributed by atoms with Crippen molar-refractivity contribution in [2.24, 2.45) is 0 Å². The molecule has 62 valence electrons. The molecule has 0 aliphatic heterocycles. The Bertz CT molecular complexity index is 136. The maximum absolute atomic E-state index is 12.0. The van der Waals surface area contributed by atoms with Gasteiger partial charge in [-0.25, -0.2) is 17.6 Å². The molecule has 1 saturated carbocycles. The molecule has 1 aliphatic carbocycles. The van der Waals surface area contributed by atoms with Crippen molar-refractivity contribution in [2.75, 3.05) is 0 Å². The molecule has 0 saturated heterocycles. The standard InChI is InChI=1S/C4H4F4O.CH4/c5-2(6)3(7)1-4(3,8)9;/h2,9H,1H2;1H4. The number of halogens is 4. The molecular weight excluding hydrogens is 152 g/mol. The molecule has 0 spiro atoms. The Balaban J connectivity index is 0.000000810. The van der Waals surface area contributed by atoms with Crippen LogP contribution in [0.3, 0.4) is 0 Å². The van der Waals surface area contributed by atoms with Gasteiger partial charge >= 0.3 is 0 Å². The smallest absolute Gasteiger partial charge is 0.278 e. The molecule has 0 amide bonds. The second-order valence-electron chi connectivity index (χ2n) is 2.10. The molecule has 0 bridgehead atoms. The van der Waals surface area contributed by atoms with Gasteiger partial charge in [0, 0.05) is 0 Å². The van der Waals surface area contributed by atoms with E-state index in [1.807, 2.05) is 0 Å². The fraction of sp³-hybridized carbons (Fsp3) is 1.00. The number of hydrogen-bond donors (Lipinski definition) is 1. The fourth-order valence-corrected chi connectivity index (χ4v) is 0.541. The summed E-state index contributed by atoms with van der Waals surface area (Å²) in [5, 5.41) is 8.00. The van der Waals surface area contributed by atoms with E-state index in [2.05, 4.69) is 0 Å². The summed E-state index contributed by atoms with van der Waals surface area (Å²) < 4.78 is 46.5. The van der Waals surface area contributed by atoms with Crippen LogP contribution >= 0.6 is 0 Å². The zero-order chi connectivity index (χ0) is 7.28. The van der Waals surface area contributed by atoms with Gasteiger partial charge in [-0.05, 0) is 0 Å². The van der Waals surface area contributed by atoms with E-state index >= 15 is 0 Å². The molecule has 1 N–H and O–H groups in total. The highest BCUT2D eigenvalue weighted by molar-refractivity contribution is 5.13. The Morgan fingerprint density at radius 3 is 1.60 bits per heavy atom. The topological polar surface area (TPSA) is 20.2 Å². The van der Waals surface area contributed by atoms with Crippen molar-refractivity contribution < 1.29 is 22.7 Å². The molecule has 1 rings (SSSR count). The number of hydrogen-bond acceptors (Lipinski definition) is 1. The van der Waals surface area contributed by atoms with Gasteiger partial charge in [0.15, 0.2) is 0 Å². The molecule has 0 aromatic heterocycles. The van der Waals surface area contributed by atoms with E-state index in [0.29, 0.717) is 0 Å². The molecule has 1 aliphatic rings. The first-order valence-electron chi connectivity index (χ1n) is 2.28. The van der Waals surface area contributed by atoms with Gasteiger partial charge in [0.1, 0.15) is 0 Å². The van der Waals surface area contributed by atoms with E-state index in [4.69, 9.17) is 5.11 Å². The van der Waals surface area contributed by atoms with E-state index < -0.39 is 24.4 Å². The van der Waals surface area contributed by atoms with Gasteiger partial charge < -0.3 is 5.11 Å². The zero-order valence-corrected chi connectivity index (χ0v) is 4.24. The highest BCUT2D eigenvalue weighted by Gasteiger charge is 2.76. The van der Waals surface area contributed by atoms with Crippen molar-refractivity contribution in [3.8, 4) is 0 Å². The summed E-state index contributed by atoms with van der Waals surface area (Å²) in [5.41, 5.74) is -3.30. The largest absolute Gasteiger partial charge is 0.359 e. The van der Waals surface area contributed by atoms with Crippen molar-refractivity contribution in [3.05, 3.63) is 0 Å². The SMILES string of the molecule is C.OC1(F)CC1(F)C(F)F. The minimum absolute atomic E-state index is 0. The van der Waals surface area contributed by atoms with Gasteiger partial charge in [-0.1, -0.05) is 7.43 Å². The first-order valence-corrected chi connectivity index (χ1v) is 2.28. The highest BCUT2D eigenvalue weighted by atomic mass is 19.3. The summed E-state index contributed by atoms with van der Waals surface area (Å²) in [6.07, 6.45) is -4.55. The molecule has 1 fully saturated rings. The molecule has 2 unspecified atom stereocenters. The summed E-state index contributed by atoms with van der Waals surface area (Å²) in [6.45, 7) is 0. The van der Waals surface area contributed by atoms with Crippen LogP contribution in [0.5, 0.6) is 0 Å². The first-order chi connectivity index (χ1) is 3.90. The monoisotopic (exact) mass is 160 g/mol. The lowest BCUT2D eigenvalue weighted by molar-refractivity contribution is -0.0904. The predicted molar refractivity (Wildman–Crippen MR) is 27.2 cm³/mol. The van der Waals surface area contributed by atoms with E-state index in [1.54, 1.807) is 0 Å². The van der Waals surface area contributed by atoms with Crippen LogP contribution in [0.1, 0.15) is 13.8 Å². The molecule has 5 heteroatoms. The summed E-state index contributed by atoms with van der Waals surface area (Å²) in [5.74, 6) is -3.29. The molecular formula is C5H8F4O. The zero-order valence-electron chi connectivity index (χ0n) is 4.24. The molecule has 2 atom stereocenters. The van der Waals surface area contributed by atoms with E-state index in [-0.39, 0.29) is 7.43 Å². The van der Waals surface area contributed by atoms with Gasteiger partial charge in [-0.2, -0.15) is 0 Å². The van der Waals surface area contributed by atoms with Gasteiger partial charge in [0.2, 0.25) is 5.67 Å². The third kappa shape index (κ3) is 0.982. The molecule has 0 aromatic carbocycles. The maximum Gasteiger partial charge on any atom is 0.278 e. The molecule has 0 radical (unpaired) electrons. The van der Waals surface area contributed by atoms with Crippen LogP contribution in [0.4, 0.5) is 17.6 Å². The summed E-state index contributed by atoms with van der Waals surface area (Å²) >= 11 is 0. The summed E-state index contributed by atoms with van der Waals surface area (Å²) in [7, 11) is 0. The van der Waals surface area contributed by atoms with Crippen LogP contribution in [0, 0.1) is 0 Å². The van der Waals surface area contributed by atoms with Gasteiger partial charge in [-0.15, -0.1) is 0 Å². The van der Waals surface area contributed by atoms with Crippen molar-refractivity contribution in [1.82, 2.24) is 0 Å². The lowest BCUT2D eigenvalue weighted by Gasteiger charge is -2.03. The fourth-order valence-electron chi connectivity index (χ4n) is 0.541. The lowest BCUT2D eigenvalue weighted by atomic mass is 10.4. The van der Waals surface area contributed by atoms with E-state index in [1.165, 1.54) is 0 Å². The van der Waals surface area contributed by atoms with Crippen LogP contribution in [-0.2, 0) is 0 Å². The maximum atomic E-state index is 12.0. The Morgan fingerprint density at radius 2 is 1.60 bits per heavy atom. The second-order valence-corrected chi connectivity index (χ2v) is 2.10. The van der Waals surface area contributed by atoms with Crippen LogP contribution in [0.2, 0.25) is 0 Å². The third-order valence-corrected chi connectivity index (χ3v) is 1.35. The Morgan fingerprint density at radius 1 is 1.30 bits per heavy atom. The predicted octanol–water partition coefficient (Wildman–Crippen LogP) is 1.66. The van der Waals surface area contributed by atoms with Gasteiger partial charge in [0.05, 0.1) is 6.42 Å². The minimum atomic E-state index is -3.44. The van der Waals surface area contributed by atoms with Crippen LogP contribution in [-0.4, -0.2) is 23.1 Å². The average molecular weight is 160 g/mol. The highest BCUT2D eigenvalue weighted by Crippen LogP contribution is 2.55. The Kier molecular flexibility index (Phi) is 2.02.